The van der Waals surface area contributed by atoms with Crippen LogP contribution in [-0.4, -0.2) is 35.0 Å². The van der Waals surface area contributed by atoms with Crippen LogP contribution in [0.3, 0.4) is 0 Å². The van der Waals surface area contributed by atoms with Crippen LogP contribution in [0.1, 0.15) is 26.2 Å². The van der Waals surface area contributed by atoms with Crippen molar-refractivity contribution in [3.63, 3.8) is 0 Å². The van der Waals surface area contributed by atoms with E-state index in [0.29, 0.717) is 18.7 Å². The number of carbonyl (C=O) groups excluding carboxylic acids is 1. The summed E-state index contributed by atoms with van der Waals surface area (Å²) in [4.78, 5) is 21.1. The van der Waals surface area contributed by atoms with Gasteiger partial charge in [0.2, 0.25) is 5.91 Å². The molecule has 4 nitrogen and oxygen atoms in total. The Balaban J connectivity index is 3.13. The van der Waals surface area contributed by atoms with Crippen LogP contribution in [0.15, 0.2) is 0 Å². The summed E-state index contributed by atoms with van der Waals surface area (Å²) in [6, 6.07) is 0. The van der Waals surface area contributed by atoms with E-state index < -0.39 is 5.97 Å². The molecule has 5 heteroatoms. The van der Waals surface area contributed by atoms with Crippen molar-refractivity contribution in [1.29, 1.82) is 0 Å². The summed E-state index contributed by atoms with van der Waals surface area (Å²) < 4.78 is 0. The van der Waals surface area contributed by atoms with Crippen LogP contribution < -0.4 is 5.32 Å². The Hall–Kier alpha value is -0.710. The van der Waals surface area contributed by atoms with Gasteiger partial charge in [-0.15, -0.1) is 0 Å². The first-order chi connectivity index (χ1) is 6.66. The van der Waals surface area contributed by atoms with Gasteiger partial charge in [-0.3, -0.25) is 9.59 Å². The van der Waals surface area contributed by atoms with Gasteiger partial charge in [0.25, 0.3) is 0 Å². The highest BCUT2D eigenvalue weighted by atomic mass is 32.2. The van der Waals surface area contributed by atoms with Crippen molar-refractivity contribution in [3.8, 4) is 0 Å². The minimum atomic E-state index is -0.771. The van der Waals surface area contributed by atoms with Gasteiger partial charge in [0.15, 0.2) is 0 Å². The van der Waals surface area contributed by atoms with E-state index in [1.54, 1.807) is 11.8 Å². The van der Waals surface area contributed by atoms with Gasteiger partial charge < -0.3 is 10.4 Å². The van der Waals surface area contributed by atoms with E-state index in [1.807, 2.05) is 6.92 Å². The summed E-state index contributed by atoms with van der Waals surface area (Å²) >= 11 is 1.55. The van der Waals surface area contributed by atoms with Gasteiger partial charge in [-0.05, 0) is 6.42 Å². The predicted octanol–water partition coefficient (Wildman–Crippen LogP) is 1.11. The third-order valence-electron chi connectivity index (χ3n) is 1.51. The molecule has 0 aliphatic rings. The lowest BCUT2D eigenvalue weighted by molar-refractivity contribution is -0.136. The van der Waals surface area contributed by atoms with Gasteiger partial charge in [-0.25, -0.2) is 0 Å². The van der Waals surface area contributed by atoms with Gasteiger partial charge in [-0.1, -0.05) is 6.92 Å². The molecule has 0 unspecified atom stereocenters. The minimum absolute atomic E-state index is 0.0753. The predicted molar refractivity (Wildman–Crippen MR) is 57.5 cm³/mol. The number of carbonyl (C=O) groups is 2. The second kappa shape index (κ2) is 8.87. The zero-order valence-corrected chi connectivity index (χ0v) is 9.23. The Labute approximate surface area is 88.4 Å². The number of hydrogen-bond acceptors (Lipinski definition) is 3. The maximum Gasteiger partial charge on any atom is 0.304 e. The van der Waals surface area contributed by atoms with E-state index in [2.05, 4.69) is 5.32 Å². The first kappa shape index (κ1) is 13.3. The summed E-state index contributed by atoms with van der Waals surface area (Å²) in [5.41, 5.74) is 0. The number of nitrogens with one attached hydrogen (secondary N) is 1. The van der Waals surface area contributed by atoms with Gasteiger partial charge in [-0.2, -0.15) is 11.8 Å². The molecule has 1 amide bonds. The number of rotatable bonds is 8. The second-order valence-electron chi connectivity index (χ2n) is 2.86. The van der Waals surface area contributed by atoms with Crippen molar-refractivity contribution in [1.82, 2.24) is 5.32 Å². The molecule has 0 rings (SSSR count). The van der Waals surface area contributed by atoms with Crippen LogP contribution in [0, 0.1) is 0 Å². The van der Waals surface area contributed by atoms with E-state index in [4.69, 9.17) is 5.11 Å². The zero-order valence-electron chi connectivity index (χ0n) is 8.41. The Morgan fingerprint density at radius 1 is 1.29 bits per heavy atom. The van der Waals surface area contributed by atoms with Crippen molar-refractivity contribution in [2.45, 2.75) is 26.2 Å². The number of hydrogen-bond donors (Lipinski definition) is 2. The SMILES string of the molecule is CCCC(=O)NCCSCCC(=O)O. The average Bonchev–Trinajstić information content (AvgIpc) is 2.11. The van der Waals surface area contributed by atoms with E-state index in [9.17, 15) is 9.59 Å². The highest BCUT2D eigenvalue weighted by Crippen LogP contribution is 2.00. The number of carboxylic acids is 1. The molecule has 0 aromatic rings. The first-order valence-electron chi connectivity index (χ1n) is 4.73. The smallest absolute Gasteiger partial charge is 0.304 e. The lowest BCUT2D eigenvalue weighted by Gasteiger charge is -2.03. The van der Waals surface area contributed by atoms with Crippen LogP contribution in [0.25, 0.3) is 0 Å². The van der Waals surface area contributed by atoms with Gasteiger partial charge in [0.1, 0.15) is 0 Å². The largest absolute Gasteiger partial charge is 0.481 e. The Bertz CT molecular complexity index is 185. The van der Waals surface area contributed by atoms with Crippen molar-refractivity contribution < 1.29 is 14.7 Å². The Kier molecular flexibility index (Phi) is 8.42. The zero-order chi connectivity index (χ0) is 10.8. The van der Waals surface area contributed by atoms with E-state index >= 15 is 0 Å². The number of carboxylic acid groups (broad SMARTS) is 1. The molecule has 0 radical (unpaired) electrons. The van der Waals surface area contributed by atoms with Gasteiger partial charge in [0.05, 0.1) is 6.42 Å². The monoisotopic (exact) mass is 219 g/mol. The lowest BCUT2D eigenvalue weighted by atomic mass is 10.3. The van der Waals surface area contributed by atoms with Gasteiger partial charge >= 0.3 is 5.97 Å². The van der Waals surface area contributed by atoms with Crippen molar-refractivity contribution in [3.05, 3.63) is 0 Å². The quantitative estimate of drug-likeness (QED) is 0.600. The molecule has 0 bridgehead atoms. The number of amides is 1. The van der Waals surface area contributed by atoms with E-state index in [-0.39, 0.29) is 12.3 Å². The van der Waals surface area contributed by atoms with Crippen molar-refractivity contribution >= 4 is 23.6 Å². The van der Waals surface area contributed by atoms with Crippen LogP contribution in [0.4, 0.5) is 0 Å². The van der Waals surface area contributed by atoms with Crippen LogP contribution in [-0.2, 0) is 9.59 Å². The highest BCUT2D eigenvalue weighted by Gasteiger charge is 1.99. The molecule has 82 valence electrons. The van der Waals surface area contributed by atoms with Gasteiger partial charge in [0, 0.05) is 24.5 Å². The van der Waals surface area contributed by atoms with Crippen LogP contribution >= 0.6 is 11.8 Å². The molecule has 0 fully saturated rings. The Morgan fingerprint density at radius 2 is 2.00 bits per heavy atom. The molecule has 0 atom stereocenters. The molecule has 0 spiro atoms. The second-order valence-corrected chi connectivity index (χ2v) is 4.08. The summed E-state index contributed by atoms with van der Waals surface area (Å²) in [5.74, 6) is 0.695. The molecule has 0 saturated carbocycles. The molecular formula is C9H17NO3S. The van der Waals surface area contributed by atoms with Crippen LogP contribution in [0.2, 0.25) is 0 Å². The minimum Gasteiger partial charge on any atom is -0.481 e. The number of aliphatic carboxylic acids is 1. The first-order valence-corrected chi connectivity index (χ1v) is 5.88. The van der Waals surface area contributed by atoms with Crippen molar-refractivity contribution in [2.24, 2.45) is 0 Å². The van der Waals surface area contributed by atoms with E-state index in [1.165, 1.54) is 0 Å². The van der Waals surface area contributed by atoms with E-state index in [0.717, 1.165) is 12.2 Å². The third-order valence-corrected chi connectivity index (χ3v) is 2.49. The molecule has 0 aliphatic carbocycles. The molecule has 2 N–H and O–H groups in total. The van der Waals surface area contributed by atoms with Crippen molar-refractivity contribution in [2.75, 3.05) is 18.1 Å². The lowest BCUT2D eigenvalue weighted by Crippen LogP contribution is -2.25. The normalized spacial score (nSPS) is 9.79. The van der Waals surface area contributed by atoms with Crippen LogP contribution in [0.5, 0.6) is 0 Å². The standard InChI is InChI=1S/C9H17NO3S/c1-2-3-8(11)10-5-7-14-6-4-9(12)13/h2-7H2,1H3,(H,10,11)(H,12,13). The maximum atomic E-state index is 11.0. The molecule has 0 aliphatic heterocycles. The molecule has 14 heavy (non-hydrogen) atoms. The maximum absolute atomic E-state index is 11.0. The molecule has 0 aromatic heterocycles. The summed E-state index contributed by atoms with van der Waals surface area (Å²) in [6.07, 6.45) is 1.62. The summed E-state index contributed by atoms with van der Waals surface area (Å²) in [6.45, 7) is 2.59. The number of thioether (sulfide) groups is 1. The fourth-order valence-corrected chi connectivity index (χ4v) is 1.61. The third kappa shape index (κ3) is 9.38. The highest BCUT2D eigenvalue weighted by molar-refractivity contribution is 7.99. The fourth-order valence-electron chi connectivity index (χ4n) is 0.840. The molecule has 0 aromatic carbocycles. The fraction of sp³-hybridized carbons (Fsp3) is 0.778. The average molecular weight is 219 g/mol. The Morgan fingerprint density at radius 3 is 2.57 bits per heavy atom. The topological polar surface area (TPSA) is 66.4 Å². The molecular weight excluding hydrogens is 202 g/mol. The molecule has 0 heterocycles. The summed E-state index contributed by atoms with van der Waals surface area (Å²) in [7, 11) is 0. The molecule has 0 saturated heterocycles. The summed E-state index contributed by atoms with van der Waals surface area (Å²) in [5, 5.41) is 11.1.